The van der Waals surface area contributed by atoms with Crippen LogP contribution in [0, 0.1) is 11.8 Å². The van der Waals surface area contributed by atoms with E-state index in [1.165, 1.54) is 0 Å². The molecule has 8 heteroatoms. The molecule has 0 aliphatic heterocycles. The Bertz CT molecular complexity index is 1020. The van der Waals surface area contributed by atoms with Gasteiger partial charge in [0.1, 0.15) is 5.75 Å². The summed E-state index contributed by atoms with van der Waals surface area (Å²) in [5, 5.41) is 10.9. The van der Waals surface area contributed by atoms with E-state index in [-0.39, 0.29) is 22.8 Å². The number of ether oxygens (including phenoxy) is 1. The quantitative estimate of drug-likeness (QED) is 0.442. The first-order valence-corrected chi connectivity index (χ1v) is 13.1. The van der Waals surface area contributed by atoms with Crippen LogP contribution in [0.1, 0.15) is 37.7 Å². The van der Waals surface area contributed by atoms with Gasteiger partial charge in [-0.05, 0) is 80.2 Å². The van der Waals surface area contributed by atoms with Crippen LogP contribution in [-0.4, -0.2) is 44.4 Å². The summed E-state index contributed by atoms with van der Waals surface area (Å²) >= 11 is 0. The maximum absolute atomic E-state index is 12.9. The number of rotatable bonds is 9. The summed E-state index contributed by atoms with van der Waals surface area (Å²) in [6.45, 7) is 0. The Morgan fingerprint density at radius 1 is 1.09 bits per heavy atom. The lowest BCUT2D eigenvalue weighted by molar-refractivity contribution is 0.0553. The second kappa shape index (κ2) is 9.72. The zero-order valence-electron chi connectivity index (χ0n) is 19.1. The molecule has 4 unspecified atom stereocenters. The molecule has 4 rings (SSSR count). The van der Waals surface area contributed by atoms with Crippen LogP contribution in [0.5, 0.6) is 5.75 Å². The molecule has 2 bridgehead atoms. The molecule has 0 spiro atoms. The van der Waals surface area contributed by atoms with E-state index >= 15 is 0 Å². The summed E-state index contributed by atoms with van der Waals surface area (Å²) in [6.07, 6.45) is 3.56. The van der Waals surface area contributed by atoms with Gasteiger partial charge < -0.3 is 21.3 Å². The SMILES string of the molecule is COc1ccc(S(=O)(=O)NC2CC3CCC(C2)C3(N)CC(O)C(N)Cc2ccccc2)cc1. The van der Waals surface area contributed by atoms with Gasteiger partial charge in [0.05, 0.1) is 18.1 Å². The van der Waals surface area contributed by atoms with E-state index in [0.29, 0.717) is 31.4 Å². The molecule has 7 nitrogen and oxygen atoms in total. The Morgan fingerprint density at radius 3 is 2.27 bits per heavy atom. The van der Waals surface area contributed by atoms with E-state index in [0.717, 1.165) is 18.4 Å². The van der Waals surface area contributed by atoms with Crippen LogP contribution >= 0.6 is 0 Å². The topological polar surface area (TPSA) is 128 Å². The number of fused-ring (bicyclic) bond motifs is 2. The molecule has 33 heavy (non-hydrogen) atoms. The minimum Gasteiger partial charge on any atom is -0.497 e. The lowest BCUT2D eigenvalue weighted by Gasteiger charge is -2.45. The monoisotopic (exact) mass is 473 g/mol. The summed E-state index contributed by atoms with van der Waals surface area (Å²) < 4.78 is 33.8. The van der Waals surface area contributed by atoms with Crippen molar-refractivity contribution in [3.05, 3.63) is 60.2 Å². The summed E-state index contributed by atoms with van der Waals surface area (Å²) in [5.41, 5.74) is 13.8. The number of aliphatic hydroxyl groups excluding tert-OH is 1. The predicted octanol–water partition coefficient (Wildman–Crippen LogP) is 2.18. The fourth-order valence-corrected chi connectivity index (χ4v) is 7.00. The first kappa shape index (κ1) is 24.2. The lowest BCUT2D eigenvalue weighted by atomic mass is 9.67. The highest BCUT2D eigenvalue weighted by Gasteiger charge is 2.53. The summed E-state index contributed by atoms with van der Waals surface area (Å²) in [5.74, 6) is 0.915. The number of hydrogen-bond acceptors (Lipinski definition) is 6. The fraction of sp³-hybridized carbons (Fsp3) is 0.520. The highest BCUT2D eigenvalue weighted by atomic mass is 32.2. The van der Waals surface area contributed by atoms with Gasteiger partial charge in [-0.3, -0.25) is 0 Å². The van der Waals surface area contributed by atoms with Gasteiger partial charge in [-0.25, -0.2) is 13.1 Å². The molecule has 0 radical (unpaired) electrons. The number of nitrogens with one attached hydrogen (secondary N) is 1. The molecule has 2 aromatic carbocycles. The smallest absolute Gasteiger partial charge is 0.240 e. The molecule has 4 atom stereocenters. The summed E-state index contributed by atoms with van der Waals surface area (Å²) in [6, 6.07) is 15.7. The zero-order chi connectivity index (χ0) is 23.6. The van der Waals surface area contributed by atoms with Gasteiger partial charge in [0.15, 0.2) is 0 Å². The second-order valence-electron chi connectivity index (χ2n) is 9.67. The Hall–Kier alpha value is -1.97. The summed E-state index contributed by atoms with van der Waals surface area (Å²) in [7, 11) is -2.08. The van der Waals surface area contributed by atoms with Gasteiger partial charge in [-0.15, -0.1) is 0 Å². The average Bonchev–Trinajstić information content (AvgIpc) is 2.96. The number of sulfonamides is 1. The third-order valence-electron chi connectivity index (χ3n) is 7.58. The fourth-order valence-electron chi connectivity index (χ4n) is 5.74. The minimum atomic E-state index is -3.63. The molecule has 0 amide bonds. The van der Waals surface area contributed by atoms with E-state index in [9.17, 15) is 13.5 Å². The van der Waals surface area contributed by atoms with Crippen LogP contribution in [0.3, 0.4) is 0 Å². The Morgan fingerprint density at radius 2 is 1.70 bits per heavy atom. The van der Waals surface area contributed by atoms with Crippen LogP contribution in [0.2, 0.25) is 0 Å². The molecule has 2 aliphatic carbocycles. The number of methoxy groups -OCH3 is 1. The average molecular weight is 474 g/mol. The first-order chi connectivity index (χ1) is 15.7. The van der Waals surface area contributed by atoms with E-state index in [1.54, 1.807) is 31.4 Å². The van der Waals surface area contributed by atoms with E-state index < -0.39 is 27.7 Å². The standard InChI is InChI=1S/C25H35N3O4S/c1-32-21-9-11-22(12-10-21)33(30,31)28-20-14-18-7-8-19(15-20)25(18,27)16-24(29)23(26)13-17-5-3-2-4-6-17/h2-6,9-12,18-20,23-24,28-29H,7-8,13-16,26-27H2,1H3. The molecule has 0 saturated heterocycles. The number of nitrogens with two attached hydrogens (primary N) is 2. The van der Waals surface area contributed by atoms with Gasteiger partial charge >= 0.3 is 0 Å². The van der Waals surface area contributed by atoms with Crippen molar-refractivity contribution in [3.8, 4) is 5.75 Å². The van der Waals surface area contributed by atoms with Gasteiger partial charge in [0.2, 0.25) is 10.0 Å². The molecule has 2 aromatic rings. The van der Waals surface area contributed by atoms with E-state index in [2.05, 4.69) is 4.72 Å². The first-order valence-electron chi connectivity index (χ1n) is 11.6. The van der Waals surface area contributed by atoms with Gasteiger partial charge in [-0.2, -0.15) is 0 Å². The Labute approximate surface area is 196 Å². The van der Waals surface area contributed by atoms with Crippen molar-refractivity contribution in [2.75, 3.05) is 7.11 Å². The third kappa shape index (κ3) is 5.25. The molecule has 180 valence electrons. The van der Waals surface area contributed by atoms with Gasteiger partial charge in [0.25, 0.3) is 0 Å². The maximum atomic E-state index is 12.9. The second-order valence-corrected chi connectivity index (χ2v) is 11.4. The van der Waals surface area contributed by atoms with Crippen molar-refractivity contribution in [2.45, 2.75) is 67.1 Å². The predicted molar refractivity (Wildman–Crippen MR) is 128 cm³/mol. The lowest BCUT2D eigenvalue weighted by Crippen LogP contribution is -2.59. The molecule has 0 aromatic heterocycles. The Balaban J connectivity index is 1.38. The van der Waals surface area contributed by atoms with Crippen molar-refractivity contribution in [1.29, 1.82) is 0 Å². The third-order valence-corrected chi connectivity index (χ3v) is 9.12. The van der Waals surface area contributed by atoms with E-state index in [1.807, 2.05) is 30.3 Å². The highest BCUT2D eigenvalue weighted by molar-refractivity contribution is 7.89. The van der Waals surface area contributed by atoms with Crippen molar-refractivity contribution < 1.29 is 18.3 Å². The number of hydrogen-bond donors (Lipinski definition) is 4. The van der Waals surface area contributed by atoms with Crippen LogP contribution in [0.15, 0.2) is 59.5 Å². The van der Waals surface area contributed by atoms with E-state index in [4.69, 9.17) is 16.2 Å². The van der Waals surface area contributed by atoms with Crippen molar-refractivity contribution >= 4 is 10.0 Å². The largest absolute Gasteiger partial charge is 0.497 e. The minimum absolute atomic E-state index is 0.151. The normalized spacial score (nSPS) is 28.9. The van der Waals surface area contributed by atoms with Gasteiger partial charge in [-0.1, -0.05) is 30.3 Å². The van der Waals surface area contributed by atoms with Crippen molar-refractivity contribution in [3.63, 3.8) is 0 Å². The van der Waals surface area contributed by atoms with Crippen LogP contribution in [0.4, 0.5) is 0 Å². The van der Waals surface area contributed by atoms with Crippen LogP contribution in [-0.2, 0) is 16.4 Å². The van der Waals surface area contributed by atoms with Gasteiger partial charge in [0, 0.05) is 17.6 Å². The molecule has 2 saturated carbocycles. The van der Waals surface area contributed by atoms with Crippen molar-refractivity contribution in [2.24, 2.45) is 23.3 Å². The highest BCUT2D eigenvalue weighted by Crippen LogP contribution is 2.50. The molecular weight excluding hydrogens is 438 g/mol. The van der Waals surface area contributed by atoms with Crippen LogP contribution < -0.4 is 20.9 Å². The molecule has 6 N–H and O–H groups in total. The Kier molecular flexibility index (Phi) is 7.12. The molecule has 0 heterocycles. The molecular formula is C25H35N3O4S. The maximum Gasteiger partial charge on any atom is 0.240 e. The number of benzene rings is 2. The van der Waals surface area contributed by atoms with Crippen LogP contribution in [0.25, 0.3) is 0 Å². The molecule has 2 fully saturated rings. The van der Waals surface area contributed by atoms with Crippen molar-refractivity contribution in [1.82, 2.24) is 4.72 Å². The zero-order valence-corrected chi connectivity index (χ0v) is 19.9. The number of aliphatic hydroxyl groups is 1. The summed E-state index contributed by atoms with van der Waals surface area (Å²) in [4.78, 5) is 0.225. The molecule has 2 aliphatic rings.